The summed E-state index contributed by atoms with van der Waals surface area (Å²) in [6.45, 7) is 4.05. The van der Waals surface area contributed by atoms with E-state index in [-0.39, 0.29) is 0 Å². The molecule has 20 heavy (non-hydrogen) atoms. The average molecular weight is 256 g/mol. The fourth-order valence-electron chi connectivity index (χ4n) is 3.06. The minimum absolute atomic E-state index is 1.22. The number of rotatable bonds is 2. The zero-order chi connectivity index (χ0) is 13.5. The van der Waals surface area contributed by atoms with Crippen molar-refractivity contribution in [3.8, 4) is 0 Å². The van der Waals surface area contributed by atoms with Crippen LogP contribution in [0.3, 0.4) is 0 Å². The third-order valence-electron chi connectivity index (χ3n) is 4.13. The SMILES string of the molecule is C=CC(=C1CC1)c1c2ccccc2cc2ccccc12. The third-order valence-corrected chi connectivity index (χ3v) is 4.13. The van der Waals surface area contributed by atoms with E-state index in [4.69, 9.17) is 0 Å². The van der Waals surface area contributed by atoms with Crippen LogP contribution in [0.5, 0.6) is 0 Å². The lowest BCUT2D eigenvalue weighted by Crippen LogP contribution is -1.88. The van der Waals surface area contributed by atoms with Crippen molar-refractivity contribution in [2.24, 2.45) is 0 Å². The molecule has 0 unspecified atom stereocenters. The zero-order valence-corrected chi connectivity index (χ0v) is 11.4. The second-order valence-electron chi connectivity index (χ2n) is 5.42. The van der Waals surface area contributed by atoms with Crippen LogP contribution >= 0.6 is 0 Å². The predicted octanol–water partition coefficient (Wildman–Crippen LogP) is 5.73. The van der Waals surface area contributed by atoms with Gasteiger partial charge in [-0.3, -0.25) is 0 Å². The fraction of sp³-hybridized carbons (Fsp3) is 0.100. The number of benzene rings is 3. The van der Waals surface area contributed by atoms with Gasteiger partial charge >= 0.3 is 0 Å². The van der Waals surface area contributed by atoms with Crippen LogP contribution in [0.2, 0.25) is 0 Å². The first kappa shape index (κ1) is 11.5. The summed E-state index contributed by atoms with van der Waals surface area (Å²) in [5.41, 5.74) is 4.25. The summed E-state index contributed by atoms with van der Waals surface area (Å²) < 4.78 is 0. The molecule has 0 spiro atoms. The van der Waals surface area contributed by atoms with Gasteiger partial charge in [-0.2, -0.15) is 0 Å². The monoisotopic (exact) mass is 256 g/mol. The molecule has 1 fully saturated rings. The van der Waals surface area contributed by atoms with Crippen molar-refractivity contribution in [3.63, 3.8) is 0 Å². The molecule has 3 aromatic carbocycles. The van der Waals surface area contributed by atoms with Gasteiger partial charge in [0.2, 0.25) is 0 Å². The van der Waals surface area contributed by atoms with Crippen molar-refractivity contribution >= 4 is 27.1 Å². The summed E-state index contributed by atoms with van der Waals surface area (Å²) in [7, 11) is 0. The molecule has 0 aromatic heterocycles. The van der Waals surface area contributed by atoms with Gasteiger partial charge in [-0.25, -0.2) is 0 Å². The molecule has 0 radical (unpaired) electrons. The maximum atomic E-state index is 4.05. The maximum Gasteiger partial charge on any atom is -0.00275 e. The van der Waals surface area contributed by atoms with E-state index in [0.717, 1.165) is 0 Å². The molecule has 1 saturated carbocycles. The summed E-state index contributed by atoms with van der Waals surface area (Å²) in [4.78, 5) is 0. The Kier molecular flexibility index (Phi) is 2.50. The minimum Gasteiger partial charge on any atom is -0.0984 e. The van der Waals surface area contributed by atoms with Gasteiger partial charge in [0.1, 0.15) is 0 Å². The van der Waals surface area contributed by atoms with E-state index < -0.39 is 0 Å². The molecule has 0 atom stereocenters. The van der Waals surface area contributed by atoms with Crippen molar-refractivity contribution < 1.29 is 0 Å². The zero-order valence-electron chi connectivity index (χ0n) is 11.4. The molecule has 0 amide bonds. The predicted molar refractivity (Wildman–Crippen MR) is 87.8 cm³/mol. The van der Waals surface area contributed by atoms with E-state index in [1.54, 1.807) is 5.57 Å². The Morgan fingerprint density at radius 2 is 1.40 bits per heavy atom. The molecular formula is C20H16. The van der Waals surface area contributed by atoms with Crippen molar-refractivity contribution in [1.82, 2.24) is 0 Å². The molecule has 1 aliphatic rings. The van der Waals surface area contributed by atoms with E-state index in [9.17, 15) is 0 Å². The van der Waals surface area contributed by atoms with Gasteiger partial charge in [0.05, 0.1) is 0 Å². The normalized spacial score (nSPS) is 13.7. The number of hydrogen-bond acceptors (Lipinski definition) is 0. The first-order valence-corrected chi connectivity index (χ1v) is 7.14. The highest BCUT2D eigenvalue weighted by Gasteiger charge is 2.19. The Bertz CT molecular complexity index is 805. The average Bonchev–Trinajstić information content (AvgIpc) is 3.32. The van der Waals surface area contributed by atoms with Crippen LogP contribution in [0.25, 0.3) is 27.1 Å². The molecule has 96 valence electrons. The van der Waals surface area contributed by atoms with Crippen molar-refractivity contribution in [1.29, 1.82) is 0 Å². The lowest BCUT2D eigenvalue weighted by Gasteiger charge is -2.12. The van der Waals surface area contributed by atoms with E-state index in [2.05, 4.69) is 61.2 Å². The Morgan fingerprint density at radius 1 is 0.850 bits per heavy atom. The van der Waals surface area contributed by atoms with Gasteiger partial charge in [-0.05, 0) is 51.6 Å². The molecule has 1 aliphatic carbocycles. The largest absolute Gasteiger partial charge is 0.0984 e. The Labute approximate surface area is 119 Å². The molecule has 4 rings (SSSR count). The van der Waals surface area contributed by atoms with Gasteiger partial charge < -0.3 is 0 Å². The summed E-state index contributed by atoms with van der Waals surface area (Å²) >= 11 is 0. The fourth-order valence-corrected chi connectivity index (χ4v) is 3.06. The summed E-state index contributed by atoms with van der Waals surface area (Å²) in [5, 5.41) is 5.28. The first-order valence-electron chi connectivity index (χ1n) is 7.14. The van der Waals surface area contributed by atoms with Crippen LogP contribution in [0.1, 0.15) is 18.4 Å². The topological polar surface area (TPSA) is 0 Å². The molecule has 0 heteroatoms. The second kappa shape index (κ2) is 4.35. The molecule has 0 bridgehead atoms. The van der Waals surface area contributed by atoms with Crippen LogP contribution in [0, 0.1) is 0 Å². The quantitative estimate of drug-likeness (QED) is 0.514. The highest BCUT2D eigenvalue weighted by Crippen LogP contribution is 2.42. The van der Waals surface area contributed by atoms with E-state index in [1.807, 2.05) is 6.08 Å². The van der Waals surface area contributed by atoms with Gasteiger partial charge in [-0.1, -0.05) is 66.8 Å². The number of fused-ring (bicyclic) bond motifs is 2. The molecule has 0 aliphatic heterocycles. The Balaban J connectivity index is 2.23. The van der Waals surface area contributed by atoms with Gasteiger partial charge in [0.25, 0.3) is 0 Å². The highest BCUT2D eigenvalue weighted by atomic mass is 14.2. The lowest BCUT2D eigenvalue weighted by molar-refractivity contribution is 1.50. The maximum absolute atomic E-state index is 4.05. The smallest absolute Gasteiger partial charge is 0.00275 e. The Hall–Kier alpha value is -2.34. The third kappa shape index (κ3) is 1.69. The van der Waals surface area contributed by atoms with Gasteiger partial charge in [0, 0.05) is 0 Å². The summed E-state index contributed by atoms with van der Waals surface area (Å²) in [6.07, 6.45) is 4.48. The molecule has 3 aromatic rings. The minimum atomic E-state index is 1.22. The van der Waals surface area contributed by atoms with E-state index in [0.29, 0.717) is 0 Å². The first-order chi connectivity index (χ1) is 9.88. The lowest BCUT2D eigenvalue weighted by atomic mass is 9.91. The van der Waals surface area contributed by atoms with Crippen LogP contribution in [0.4, 0.5) is 0 Å². The van der Waals surface area contributed by atoms with Crippen LogP contribution in [-0.2, 0) is 0 Å². The van der Waals surface area contributed by atoms with E-state index >= 15 is 0 Å². The number of hydrogen-bond donors (Lipinski definition) is 0. The summed E-state index contributed by atoms with van der Waals surface area (Å²) in [5.74, 6) is 0. The van der Waals surface area contributed by atoms with Crippen LogP contribution < -0.4 is 0 Å². The van der Waals surface area contributed by atoms with Crippen LogP contribution in [-0.4, -0.2) is 0 Å². The van der Waals surface area contributed by atoms with Crippen molar-refractivity contribution in [2.45, 2.75) is 12.8 Å². The van der Waals surface area contributed by atoms with Crippen LogP contribution in [0.15, 0.2) is 72.8 Å². The molecule has 0 saturated heterocycles. The standard InChI is InChI=1S/C20H16/c1-2-17(14-11-12-14)20-18-9-5-3-7-15(18)13-16-8-4-6-10-19(16)20/h2-10,13H,1,11-12H2. The molecular weight excluding hydrogens is 240 g/mol. The van der Waals surface area contributed by atoms with Crippen molar-refractivity contribution in [3.05, 3.63) is 78.4 Å². The molecule has 0 nitrogen and oxygen atoms in total. The van der Waals surface area contributed by atoms with Crippen molar-refractivity contribution in [2.75, 3.05) is 0 Å². The molecule has 0 heterocycles. The molecule has 0 N–H and O–H groups in total. The Morgan fingerprint density at radius 3 is 1.90 bits per heavy atom. The van der Waals surface area contributed by atoms with Gasteiger partial charge in [-0.15, -0.1) is 0 Å². The number of allylic oxidation sites excluding steroid dienone is 3. The summed E-state index contributed by atoms with van der Waals surface area (Å²) in [6, 6.07) is 19.6. The second-order valence-corrected chi connectivity index (χ2v) is 5.42. The van der Waals surface area contributed by atoms with E-state index in [1.165, 1.54) is 45.5 Å². The van der Waals surface area contributed by atoms with Gasteiger partial charge in [0.15, 0.2) is 0 Å². The highest BCUT2D eigenvalue weighted by molar-refractivity contribution is 6.11.